The van der Waals surface area contributed by atoms with E-state index in [1.54, 1.807) is 0 Å². The summed E-state index contributed by atoms with van der Waals surface area (Å²) in [7, 11) is 2.02. The molecule has 3 nitrogen and oxygen atoms in total. The number of hydrogen-bond acceptors (Lipinski definition) is 2. The fraction of sp³-hybridized carbons (Fsp3) is 0.800. The molecule has 1 amide bonds. The van der Waals surface area contributed by atoms with E-state index >= 15 is 0 Å². The van der Waals surface area contributed by atoms with Crippen molar-refractivity contribution < 1.29 is 4.79 Å². The van der Waals surface area contributed by atoms with Crippen molar-refractivity contribution in [3.63, 3.8) is 0 Å². The van der Waals surface area contributed by atoms with Gasteiger partial charge in [0, 0.05) is 25.6 Å². The first-order chi connectivity index (χ1) is 11.1. The highest BCUT2D eigenvalue weighted by Gasteiger charge is 2.55. The Morgan fingerprint density at radius 2 is 1.96 bits per heavy atom. The molecule has 6 atom stereocenters. The molecule has 0 aromatic heterocycles. The van der Waals surface area contributed by atoms with Gasteiger partial charge < -0.3 is 4.90 Å². The molecule has 3 aliphatic carbocycles. The number of nitrogens with zero attached hydrogens (tertiary/aromatic N) is 2. The highest BCUT2D eigenvalue weighted by molar-refractivity contribution is 5.77. The van der Waals surface area contributed by atoms with Gasteiger partial charge in [-0.1, -0.05) is 12.5 Å². The fourth-order valence-electron chi connectivity index (χ4n) is 6.83. The van der Waals surface area contributed by atoms with Crippen LogP contribution in [-0.4, -0.2) is 23.9 Å². The van der Waals surface area contributed by atoms with Crippen LogP contribution in [0.4, 0.5) is 0 Å². The Balaban J connectivity index is 1.60. The molecular weight excluding hydrogens is 284 g/mol. The van der Waals surface area contributed by atoms with Crippen LogP contribution in [0.2, 0.25) is 0 Å². The summed E-state index contributed by atoms with van der Waals surface area (Å²) >= 11 is 0. The van der Waals surface area contributed by atoms with Crippen molar-refractivity contribution in [2.75, 3.05) is 7.05 Å². The van der Waals surface area contributed by atoms with Gasteiger partial charge in [0.15, 0.2) is 0 Å². The third-order valence-corrected chi connectivity index (χ3v) is 8.00. The fourth-order valence-corrected chi connectivity index (χ4v) is 6.83. The molecule has 0 bridgehead atoms. The van der Waals surface area contributed by atoms with Crippen molar-refractivity contribution in [3.05, 3.63) is 11.6 Å². The molecule has 0 unspecified atom stereocenters. The molecule has 0 spiro atoms. The lowest BCUT2D eigenvalue weighted by Gasteiger charge is -2.56. The predicted molar refractivity (Wildman–Crippen MR) is 89.3 cm³/mol. The van der Waals surface area contributed by atoms with Crippen LogP contribution >= 0.6 is 0 Å². The van der Waals surface area contributed by atoms with Gasteiger partial charge in [0.05, 0.1) is 6.07 Å². The normalized spacial score (nSPS) is 47.7. The number of carbonyl (C=O) groups is 1. The van der Waals surface area contributed by atoms with Gasteiger partial charge in [-0.05, 0) is 74.0 Å². The Labute approximate surface area is 139 Å². The monoisotopic (exact) mass is 312 g/mol. The summed E-state index contributed by atoms with van der Waals surface area (Å²) in [6, 6.07) is 2.79. The van der Waals surface area contributed by atoms with Gasteiger partial charge in [-0.15, -0.1) is 0 Å². The topological polar surface area (TPSA) is 44.1 Å². The number of piperidine rings is 1. The van der Waals surface area contributed by atoms with Crippen LogP contribution in [0.15, 0.2) is 11.6 Å². The van der Waals surface area contributed by atoms with E-state index in [1.807, 2.05) is 13.1 Å². The molecule has 4 fully saturated rings. The van der Waals surface area contributed by atoms with Crippen molar-refractivity contribution >= 4 is 5.91 Å². The average Bonchev–Trinajstić information content (AvgIpc) is 2.88. The lowest BCUT2D eigenvalue weighted by Crippen LogP contribution is -2.55. The summed E-state index contributed by atoms with van der Waals surface area (Å²) < 4.78 is 0. The lowest BCUT2D eigenvalue weighted by molar-refractivity contribution is -0.143. The zero-order valence-corrected chi connectivity index (χ0v) is 14.4. The summed E-state index contributed by atoms with van der Waals surface area (Å²) in [5.41, 5.74) is 1.70. The summed E-state index contributed by atoms with van der Waals surface area (Å²) in [5, 5.41) is 9.11. The summed E-state index contributed by atoms with van der Waals surface area (Å²) in [5.74, 6) is 3.48. The standard InChI is InChI=1S/C20H28N2O/c1-20-11-9-14-15(17(20)6-3-13(20)10-12-21)4-7-18-16(14)5-8-19(23)22(18)2/h10,14-18H,3-9,11H2,1-2H3/b13-10-/t14-,15+,16+,17-,18+,20+/m0/s1. The largest absolute Gasteiger partial charge is 0.342 e. The van der Waals surface area contributed by atoms with Crippen LogP contribution in [-0.2, 0) is 4.79 Å². The quantitative estimate of drug-likeness (QED) is 0.637. The molecule has 4 rings (SSSR count). The number of hydrogen-bond donors (Lipinski definition) is 0. The maximum absolute atomic E-state index is 12.0. The second kappa shape index (κ2) is 5.36. The first kappa shape index (κ1) is 15.2. The molecule has 23 heavy (non-hydrogen) atoms. The molecule has 0 aromatic carbocycles. The van der Waals surface area contributed by atoms with Gasteiger partial charge in [-0.3, -0.25) is 4.79 Å². The summed E-state index contributed by atoms with van der Waals surface area (Å²) in [4.78, 5) is 14.1. The smallest absolute Gasteiger partial charge is 0.222 e. The molecular formula is C20H28N2O. The molecule has 0 radical (unpaired) electrons. The molecule has 4 aliphatic rings. The van der Waals surface area contributed by atoms with Crippen molar-refractivity contribution in [3.8, 4) is 6.07 Å². The highest BCUT2D eigenvalue weighted by Crippen LogP contribution is 2.63. The molecule has 1 aliphatic heterocycles. The second-order valence-corrected chi connectivity index (χ2v) is 8.58. The van der Waals surface area contributed by atoms with Crippen LogP contribution in [0.5, 0.6) is 0 Å². The van der Waals surface area contributed by atoms with Crippen LogP contribution in [0.1, 0.15) is 58.3 Å². The molecule has 1 heterocycles. The summed E-state index contributed by atoms with van der Waals surface area (Å²) in [6.45, 7) is 2.42. The Bertz CT molecular complexity index is 589. The van der Waals surface area contributed by atoms with Crippen molar-refractivity contribution in [2.24, 2.45) is 29.1 Å². The van der Waals surface area contributed by atoms with Gasteiger partial charge in [0.1, 0.15) is 0 Å². The van der Waals surface area contributed by atoms with Gasteiger partial charge in [0.2, 0.25) is 5.91 Å². The van der Waals surface area contributed by atoms with Gasteiger partial charge >= 0.3 is 0 Å². The molecule has 3 heteroatoms. The number of likely N-dealkylation sites (tertiary alicyclic amines) is 1. The minimum absolute atomic E-state index is 0.278. The van der Waals surface area contributed by atoms with Crippen LogP contribution < -0.4 is 0 Å². The Morgan fingerprint density at radius 3 is 2.74 bits per heavy atom. The van der Waals surface area contributed by atoms with Gasteiger partial charge in [-0.2, -0.15) is 5.26 Å². The number of amides is 1. The van der Waals surface area contributed by atoms with Crippen LogP contribution in [0.3, 0.4) is 0 Å². The number of allylic oxidation sites excluding steroid dienone is 2. The Hall–Kier alpha value is -1.30. The maximum atomic E-state index is 12.0. The van der Waals surface area contributed by atoms with E-state index in [0.717, 1.165) is 42.9 Å². The van der Waals surface area contributed by atoms with Crippen LogP contribution in [0.25, 0.3) is 0 Å². The van der Waals surface area contributed by atoms with Crippen molar-refractivity contribution in [1.82, 2.24) is 4.90 Å². The maximum Gasteiger partial charge on any atom is 0.222 e. The zero-order chi connectivity index (χ0) is 16.2. The molecule has 0 aromatic rings. The molecule has 1 saturated heterocycles. The van der Waals surface area contributed by atoms with Gasteiger partial charge in [0.25, 0.3) is 0 Å². The van der Waals surface area contributed by atoms with Gasteiger partial charge in [-0.25, -0.2) is 0 Å². The minimum atomic E-state index is 0.278. The third-order valence-electron chi connectivity index (χ3n) is 8.00. The predicted octanol–water partition coefficient (Wildman–Crippen LogP) is 3.91. The van der Waals surface area contributed by atoms with E-state index < -0.39 is 0 Å². The zero-order valence-electron chi connectivity index (χ0n) is 14.4. The minimum Gasteiger partial charge on any atom is -0.342 e. The molecule has 3 saturated carbocycles. The van der Waals surface area contributed by atoms with Crippen molar-refractivity contribution in [2.45, 2.75) is 64.3 Å². The third kappa shape index (κ3) is 2.10. The van der Waals surface area contributed by atoms with E-state index in [0.29, 0.717) is 11.9 Å². The van der Waals surface area contributed by atoms with Crippen molar-refractivity contribution in [1.29, 1.82) is 5.26 Å². The first-order valence-corrected chi connectivity index (χ1v) is 9.41. The van der Waals surface area contributed by atoms with E-state index in [4.69, 9.17) is 5.26 Å². The number of carbonyl (C=O) groups excluding carboxylic acids is 1. The number of nitriles is 1. The Morgan fingerprint density at radius 1 is 1.13 bits per heavy atom. The lowest BCUT2D eigenvalue weighted by atomic mass is 9.52. The highest BCUT2D eigenvalue weighted by atomic mass is 16.2. The Kier molecular flexibility index (Phi) is 3.55. The number of fused-ring (bicyclic) bond motifs is 5. The summed E-state index contributed by atoms with van der Waals surface area (Å²) in [6.07, 6.45) is 11.1. The van der Waals surface area contributed by atoms with E-state index in [-0.39, 0.29) is 5.41 Å². The van der Waals surface area contributed by atoms with Crippen LogP contribution in [0, 0.1) is 40.4 Å². The van der Waals surface area contributed by atoms with E-state index in [1.165, 1.54) is 37.7 Å². The van der Waals surface area contributed by atoms with E-state index in [2.05, 4.69) is 17.9 Å². The number of rotatable bonds is 0. The molecule has 0 N–H and O–H groups in total. The van der Waals surface area contributed by atoms with E-state index in [9.17, 15) is 4.79 Å². The average molecular weight is 312 g/mol. The second-order valence-electron chi connectivity index (χ2n) is 8.58. The first-order valence-electron chi connectivity index (χ1n) is 9.41. The molecule has 124 valence electrons. The SMILES string of the molecule is CN1C(=O)CC[C@@H]2[C@H]3CC[C@]4(C)/C(=C\C#N)CC[C@H]4[C@@H]3CC[C@H]21.